The molecule has 28 heavy (non-hydrogen) atoms. The van der Waals surface area contributed by atoms with Gasteiger partial charge in [-0.2, -0.15) is 0 Å². The van der Waals surface area contributed by atoms with E-state index >= 15 is 0 Å². The molecule has 2 amide bonds. The maximum Gasteiger partial charge on any atom is 0.330 e. The van der Waals surface area contributed by atoms with Gasteiger partial charge in [-0.05, 0) is 44.9 Å². The second-order valence-corrected chi connectivity index (χ2v) is 7.92. The van der Waals surface area contributed by atoms with E-state index in [2.05, 4.69) is 15.2 Å². The Kier molecular flexibility index (Phi) is 8.19. The van der Waals surface area contributed by atoms with Crippen molar-refractivity contribution in [2.24, 2.45) is 0 Å². The first-order valence-corrected chi connectivity index (χ1v) is 9.67. The summed E-state index contributed by atoms with van der Waals surface area (Å²) in [6, 6.07) is 2.92. The molecule has 2 rings (SSSR count). The van der Waals surface area contributed by atoms with Gasteiger partial charge in [0.05, 0.1) is 19.3 Å². The zero-order chi connectivity index (χ0) is 20.6. The lowest BCUT2D eigenvalue weighted by molar-refractivity contribution is -0.146. The standard InChI is InChI=1S/C20H32N4O4/c1-20(2,3)28-15-17(18(25)27-4)22-19(26)24-11-5-10-23(12-13-24)14-16-6-8-21-9-7-16/h6-9,17H,5,10-15H2,1-4H3,(H,22,26). The molecule has 1 aromatic rings. The molecular weight excluding hydrogens is 360 g/mol. The van der Waals surface area contributed by atoms with Gasteiger partial charge in [0.2, 0.25) is 0 Å². The van der Waals surface area contributed by atoms with E-state index in [4.69, 9.17) is 9.47 Å². The Morgan fingerprint density at radius 2 is 1.89 bits per heavy atom. The number of pyridine rings is 1. The van der Waals surface area contributed by atoms with Crippen molar-refractivity contribution in [3.8, 4) is 0 Å². The molecule has 1 N–H and O–H groups in total. The molecule has 1 fully saturated rings. The number of nitrogens with one attached hydrogen (secondary N) is 1. The summed E-state index contributed by atoms with van der Waals surface area (Å²) in [6.07, 6.45) is 4.46. The number of ether oxygens (including phenoxy) is 2. The minimum absolute atomic E-state index is 0.0733. The lowest BCUT2D eigenvalue weighted by Gasteiger charge is -2.27. The van der Waals surface area contributed by atoms with Crippen LogP contribution in [0, 0.1) is 0 Å². The molecule has 0 aliphatic carbocycles. The Bertz CT molecular complexity index is 633. The highest BCUT2D eigenvalue weighted by Crippen LogP contribution is 2.10. The quantitative estimate of drug-likeness (QED) is 0.741. The van der Waals surface area contributed by atoms with Gasteiger partial charge in [0, 0.05) is 45.1 Å². The number of amides is 2. The Labute approximate surface area is 167 Å². The molecule has 1 saturated heterocycles. The molecule has 1 unspecified atom stereocenters. The van der Waals surface area contributed by atoms with Crippen LogP contribution in [0.15, 0.2) is 24.5 Å². The van der Waals surface area contributed by atoms with E-state index in [0.717, 1.165) is 26.1 Å². The minimum atomic E-state index is -0.826. The van der Waals surface area contributed by atoms with Crippen LogP contribution in [-0.2, 0) is 20.8 Å². The molecule has 156 valence electrons. The fraction of sp³-hybridized carbons (Fsp3) is 0.650. The number of nitrogens with zero attached hydrogens (tertiary/aromatic N) is 3. The molecule has 0 radical (unpaired) electrons. The monoisotopic (exact) mass is 392 g/mol. The lowest BCUT2D eigenvalue weighted by atomic mass is 10.2. The van der Waals surface area contributed by atoms with Crippen LogP contribution in [0.5, 0.6) is 0 Å². The van der Waals surface area contributed by atoms with Crippen molar-refractivity contribution in [1.29, 1.82) is 0 Å². The molecular formula is C20H32N4O4. The Balaban J connectivity index is 1.88. The van der Waals surface area contributed by atoms with Gasteiger partial charge in [-0.25, -0.2) is 9.59 Å². The van der Waals surface area contributed by atoms with Crippen molar-refractivity contribution in [2.45, 2.75) is 45.4 Å². The van der Waals surface area contributed by atoms with Crippen LogP contribution < -0.4 is 5.32 Å². The number of hydrogen-bond donors (Lipinski definition) is 1. The number of carbonyl (C=O) groups excluding carboxylic acids is 2. The fourth-order valence-electron chi connectivity index (χ4n) is 2.96. The highest BCUT2D eigenvalue weighted by atomic mass is 16.5. The van der Waals surface area contributed by atoms with Crippen molar-refractivity contribution in [1.82, 2.24) is 20.1 Å². The Hall–Kier alpha value is -2.19. The SMILES string of the molecule is COC(=O)C(COC(C)(C)C)NC(=O)N1CCCN(Cc2ccncc2)CC1. The van der Waals surface area contributed by atoms with Gasteiger partial charge in [-0.1, -0.05) is 0 Å². The van der Waals surface area contributed by atoms with Crippen molar-refractivity contribution >= 4 is 12.0 Å². The van der Waals surface area contributed by atoms with E-state index in [1.165, 1.54) is 12.7 Å². The summed E-state index contributed by atoms with van der Waals surface area (Å²) in [5.74, 6) is -0.508. The lowest BCUT2D eigenvalue weighted by Crippen LogP contribution is -2.51. The van der Waals surface area contributed by atoms with E-state index in [9.17, 15) is 9.59 Å². The van der Waals surface area contributed by atoms with E-state index < -0.39 is 17.6 Å². The summed E-state index contributed by atoms with van der Waals surface area (Å²) in [5.41, 5.74) is 0.797. The number of rotatable bonds is 6. The highest BCUT2D eigenvalue weighted by Gasteiger charge is 2.27. The molecule has 0 spiro atoms. The molecule has 1 aliphatic heterocycles. The zero-order valence-corrected chi connectivity index (χ0v) is 17.3. The Morgan fingerprint density at radius 1 is 1.18 bits per heavy atom. The van der Waals surface area contributed by atoms with Gasteiger partial charge in [-0.15, -0.1) is 0 Å². The van der Waals surface area contributed by atoms with Crippen molar-refractivity contribution in [3.63, 3.8) is 0 Å². The maximum atomic E-state index is 12.7. The van der Waals surface area contributed by atoms with Gasteiger partial charge >= 0.3 is 12.0 Å². The molecule has 1 atom stereocenters. The number of carbonyl (C=O) groups is 2. The van der Waals surface area contributed by atoms with Crippen molar-refractivity contribution in [3.05, 3.63) is 30.1 Å². The van der Waals surface area contributed by atoms with Crippen LogP contribution >= 0.6 is 0 Å². The third kappa shape index (κ3) is 7.44. The molecule has 0 saturated carbocycles. The van der Waals surface area contributed by atoms with Crippen LogP contribution in [0.4, 0.5) is 4.79 Å². The molecule has 8 heteroatoms. The van der Waals surface area contributed by atoms with Gasteiger partial charge in [0.25, 0.3) is 0 Å². The minimum Gasteiger partial charge on any atom is -0.467 e. The molecule has 1 aliphatic rings. The van der Waals surface area contributed by atoms with E-state index in [1.807, 2.05) is 32.9 Å². The van der Waals surface area contributed by atoms with E-state index in [-0.39, 0.29) is 12.6 Å². The summed E-state index contributed by atoms with van der Waals surface area (Å²) < 4.78 is 10.5. The van der Waals surface area contributed by atoms with Crippen LogP contribution in [0.2, 0.25) is 0 Å². The largest absolute Gasteiger partial charge is 0.467 e. The van der Waals surface area contributed by atoms with Gasteiger partial charge in [-0.3, -0.25) is 9.88 Å². The third-order valence-corrected chi connectivity index (χ3v) is 4.50. The molecule has 0 bridgehead atoms. The normalized spacial score (nSPS) is 16.9. The van der Waals surface area contributed by atoms with E-state index in [0.29, 0.717) is 13.1 Å². The fourth-order valence-corrected chi connectivity index (χ4v) is 2.96. The summed E-state index contributed by atoms with van der Waals surface area (Å²) in [7, 11) is 1.31. The molecule has 8 nitrogen and oxygen atoms in total. The second kappa shape index (κ2) is 10.4. The Morgan fingerprint density at radius 3 is 2.54 bits per heavy atom. The summed E-state index contributed by atoms with van der Waals surface area (Å²) in [4.78, 5) is 32.8. The smallest absolute Gasteiger partial charge is 0.330 e. The zero-order valence-electron chi connectivity index (χ0n) is 17.3. The first kappa shape index (κ1) is 22.1. The number of urea groups is 1. The number of esters is 1. The topological polar surface area (TPSA) is 84.0 Å². The van der Waals surface area contributed by atoms with Crippen LogP contribution in [0.1, 0.15) is 32.8 Å². The average Bonchev–Trinajstić information content (AvgIpc) is 2.90. The van der Waals surface area contributed by atoms with E-state index in [1.54, 1.807) is 17.3 Å². The van der Waals surface area contributed by atoms with Gasteiger partial charge < -0.3 is 19.7 Å². The summed E-state index contributed by atoms with van der Waals surface area (Å²) >= 11 is 0. The van der Waals surface area contributed by atoms with Crippen LogP contribution in [-0.4, -0.2) is 78.3 Å². The third-order valence-electron chi connectivity index (χ3n) is 4.50. The molecule has 2 heterocycles. The summed E-state index contributed by atoms with van der Waals surface area (Å²) in [6.45, 7) is 9.54. The van der Waals surface area contributed by atoms with Crippen LogP contribution in [0.25, 0.3) is 0 Å². The maximum absolute atomic E-state index is 12.7. The average molecular weight is 393 g/mol. The predicted octanol–water partition coefficient (Wildman–Crippen LogP) is 1.66. The second-order valence-electron chi connectivity index (χ2n) is 7.92. The number of hydrogen-bond acceptors (Lipinski definition) is 6. The molecule has 0 aromatic carbocycles. The van der Waals surface area contributed by atoms with Crippen molar-refractivity contribution < 1.29 is 19.1 Å². The molecule has 1 aromatic heterocycles. The predicted molar refractivity (Wildman–Crippen MR) is 106 cm³/mol. The van der Waals surface area contributed by atoms with Crippen molar-refractivity contribution in [2.75, 3.05) is 39.9 Å². The van der Waals surface area contributed by atoms with Gasteiger partial charge in [0.1, 0.15) is 0 Å². The summed E-state index contributed by atoms with van der Waals surface area (Å²) in [5, 5.41) is 2.76. The van der Waals surface area contributed by atoms with Gasteiger partial charge in [0.15, 0.2) is 6.04 Å². The number of aromatic nitrogens is 1. The first-order valence-electron chi connectivity index (χ1n) is 9.67. The number of methoxy groups -OCH3 is 1. The highest BCUT2D eigenvalue weighted by molar-refractivity contribution is 5.83. The first-order chi connectivity index (χ1) is 13.3. The van der Waals surface area contributed by atoms with Crippen LogP contribution in [0.3, 0.4) is 0 Å².